The van der Waals surface area contributed by atoms with E-state index in [1.54, 1.807) is 7.11 Å². The standard InChI is InChI=1S/C23H31N2O2/c1-3-25-13-6-9-21-10-11-23(17(15-21)19(26)27-2)22(12-14-25,20(21)25)16-7-4-5-8-18(16)24-23/h4-5,7-8,17,20,24H,3,6,9-15H2,1-2H3/q+1/t17-,20-,21-,22+,23+,25-/m0/s1. The first-order valence-corrected chi connectivity index (χ1v) is 10.9. The van der Waals surface area contributed by atoms with E-state index in [9.17, 15) is 4.79 Å². The number of carbonyl (C=O) groups excluding carboxylic acids is 1. The smallest absolute Gasteiger partial charge is 0.311 e. The summed E-state index contributed by atoms with van der Waals surface area (Å²) in [5.74, 6) is -0.00543. The molecule has 3 aliphatic carbocycles. The Morgan fingerprint density at radius 2 is 2.07 bits per heavy atom. The SMILES string of the molecule is CC[N@+]12CCC[C@@]34CC[C@@]5(Nc6ccccc6[C@]5(CC1)[C@H]32)[C@H](C(=O)OC)C4. The minimum absolute atomic E-state index is 0.0132. The molecule has 5 fully saturated rings. The fourth-order valence-corrected chi connectivity index (χ4v) is 9.07. The second-order valence-corrected chi connectivity index (χ2v) is 9.99. The molecule has 7 rings (SSSR count). The van der Waals surface area contributed by atoms with Gasteiger partial charge in [-0.3, -0.25) is 4.79 Å². The Morgan fingerprint density at radius 3 is 2.89 bits per heavy atom. The van der Waals surface area contributed by atoms with Crippen LogP contribution in [0.3, 0.4) is 0 Å². The third kappa shape index (κ3) is 1.54. The number of carbonyl (C=O) groups is 1. The van der Waals surface area contributed by atoms with Crippen LogP contribution in [0.1, 0.15) is 51.0 Å². The van der Waals surface area contributed by atoms with Crippen LogP contribution in [0.25, 0.3) is 0 Å². The number of hydrogen-bond donors (Lipinski definition) is 1. The van der Waals surface area contributed by atoms with Crippen molar-refractivity contribution in [3.05, 3.63) is 29.8 Å². The summed E-state index contributed by atoms with van der Waals surface area (Å²) in [6.45, 7) is 6.23. The lowest BCUT2D eigenvalue weighted by Crippen LogP contribution is -2.80. The van der Waals surface area contributed by atoms with E-state index in [2.05, 4.69) is 36.5 Å². The van der Waals surface area contributed by atoms with Gasteiger partial charge in [0, 0.05) is 17.5 Å². The molecule has 2 bridgehead atoms. The summed E-state index contributed by atoms with van der Waals surface area (Å²) in [4.78, 5) is 13.1. The maximum Gasteiger partial charge on any atom is 0.311 e. The van der Waals surface area contributed by atoms with Crippen LogP contribution in [-0.4, -0.2) is 48.8 Å². The fourth-order valence-electron chi connectivity index (χ4n) is 9.07. The maximum atomic E-state index is 13.1. The largest absolute Gasteiger partial charge is 0.469 e. The molecule has 6 atom stereocenters. The number of anilines is 1. The Balaban J connectivity index is 1.66. The van der Waals surface area contributed by atoms with Gasteiger partial charge in [0.1, 0.15) is 6.04 Å². The highest BCUT2D eigenvalue weighted by molar-refractivity contribution is 5.80. The Morgan fingerprint density at radius 1 is 1.22 bits per heavy atom. The summed E-state index contributed by atoms with van der Waals surface area (Å²) >= 11 is 0. The van der Waals surface area contributed by atoms with Crippen LogP contribution < -0.4 is 5.32 Å². The van der Waals surface area contributed by atoms with Gasteiger partial charge in [-0.15, -0.1) is 0 Å². The van der Waals surface area contributed by atoms with Crippen molar-refractivity contribution in [2.75, 3.05) is 32.1 Å². The van der Waals surface area contributed by atoms with Crippen molar-refractivity contribution in [2.45, 2.75) is 62.4 Å². The van der Waals surface area contributed by atoms with Gasteiger partial charge in [0.05, 0.1) is 43.6 Å². The first-order valence-electron chi connectivity index (χ1n) is 10.9. The minimum atomic E-state index is -0.150. The summed E-state index contributed by atoms with van der Waals surface area (Å²) in [5.41, 5.74) is 3.04. The monoisotopic (exact) mass is 367 g/mol. The molecule has 4 nitrogen and oxygen atoms in total. The van der Waals surface area contributed by atoms with E-state index in [1.165, 1.54) is 61.1 Å². The summed E-state index contributed by atoms with van der Waals surface area (Å²) < 4.78 is 6.67. The number of likely N-dealkylation sites (N-methyl/N-ethyl adjacent to an activating group) is 1. The number of quaternary nitrogens is 1. The number of rotatable bonds is 2. The quantitative estimate of drug-likeness (QED) is 0.643. The van der Waals surface area contributed by atoms with Gasteiger partial charge in [-0.1, -0.05) is 18.2 Å². The van der Waals surface area contributed by atoms with Crippen LogP contribution in [0.2, 0.25) is 0 Å². The van der Waals surface area contributed by atoms with Gasteiger partial charge in [-0.05, 0) is 50.7 Å². The number of para-hydroxylation sites is 1. The predicted octanol–water partition coefficient (Wildman–Crippen LogP) is 3.46. The van der Waals surface area contributed by atoms with E-state index in [1.807, 2.05) is 0 Å². The molecule has 2 saturated heterocycles. The van der Waals surface area contributed by atoms with Crippen LogP contribution in [-0.2, 0) is 14.9 Å². The molecule has 1 N–H and O–H groups in total. The lowest BCUT2D eigenvalue weighted by Gasteiger charge is -2.69. The number of nitrogens with zero attached hydrogens (tertiary/aromatic N) is 1. The lowest BCUT2D eigenvalue weighted by molar-refractivity contribution is -0.955. The Bertz CT molecular complexity index is 839. The van der Waals surface area contributed by atoms with Gasteiger partial charge >= 0.3 is 5.97 Å². The average molecular weight is 368 g/mol. The van der Waals surface area contributed by atoms with Crippen molar-refractivity contribution in [3.8, 4) is 0 Å². The first-order chi connectivity index (χ1) is 13.1. The van der Waals surface area contributed by atoms with Crippen molar-refractivity contribution in [2.24, 2.45) is 11.3 Å². The number of ether oxygens (including phenoxy) is 1. The zero-order valence-corrected chi connectivity index (χ0v) is 16.6. The second-order valence-electron chi connectivity index (χ2n) is 9.99. The zero-order valence-electron chi connectivity index (χ0n) is 16.6. The molecule has 3 aliphatic heterocycles. The van der Waals surface area contributed by atoms with Crippen molar-refractivity contribution < 1.29 is 14.0 Å². The van der Waals surface area contributed by atoms with Crippen molar-refractivity contribution >= 4 is 11.7 Å². The van der Waals surface area contributed by atoms with Crippen molar-refractivity contribution in [1.82, 2.24) is 0 Å². The second kappa shape index (κ2) is 4.89. The third-order valence-corrected chi connectivity index (χ3v) is 9.72. The number of esters is 1. The molecule has 3 saturated carbocycles. The molecule has 6 aliphatic rings. The van der Waals surface area contributed by atoms with Crippen LogP contribution in [0.15, 0.2) is 24.3 Å². The van der Waals surface area contributed by atoms with Crippen LogP contribution in [0, 0.1) is 11.3 Å². The molecule has 1 aromatic carbocycles. The number of piperidine rings is 1. The van der Waals surface area contributed by atoms with E-state index in [4.69, 9.17) is 4.74 Å². The van der Waals surface area contributed by atoms with E-state index >= 15 is 0 Å². The van der Waals surface area contributed by atoms with E-state index in [0.29, 0.717) is 11.5 Å². The molecule has 27 heavy (non-hydrogen) atoms. The van der Waals surface area contributed by atoms with Gasteiger partial charge in [0.2, 0.25) is 0 Å². The minimum Gasteiger partial charge on any atom is -0.469 e. The molecule has 4 heteroatoms. The molecule has 3 heterocycles. The molecule has 3 spiro atoms. The number of methoxy groups -OCH3 is 1. The third-order valence-electron chi connectivity index (χ3n) is 9.72. The lowest BCUT2D eigenvalue weighted by atomic mass is 9.38. The predicted molar refractivity (Wildman–Crippen MR) is 104 cm³/mol. The average Bonchev–Trinajstić information content (AvgIpc) is 3.23. The number of nitrogens with one attached hydrogen (secondary N) is 1. The van der Waals surface area contributed by atoms with E-state index in [0.717, 1.165) is 12.8 Å². The van der Waals surface area contributed by atoms with Gasteiger partial charge in [0.15, 0.2) is 0 Å². The van der Waals surface area contributed by atoms with Crippen molar-refractivity contribution in [1.29, 1.82) is 0 Å². The Labute approximate surface area is 161 Å². The number of fused-ring (bicyclic) bond motifs is 3. The highest BCUT2D eigenvalue weighted by atomic mass is 16.5. The fraction of sp³-hybridized carbons (Fsp3) is 0.696. The Kier molecular flexibility index (Phi) is 2.97. The molecule has 144 valence electrons. The molecule has 0 aromatic heterocycles. The van der Waals surface area contributed by atoms with Gasteiger partial charge in [0.25, 0.3) is 0 Å². The molecule has 0 unspecified atom stereocenters. The van der Waals surface area contributed by atoms with Gasteiger partial charge in [-0.25, -0.2) is 0 Å². The van der Waals surface area contributed by atoms with Crippen molar-refractivity contribution in [3.63, 3.8) is 0 Å². The van der Waals surface area contributed by atoms with E-state index in [-0.39, 0.29) is 22.8 Å². The van der Waals surface area contributed by atoms with E-state index < -0.39 is 0 Å². The topological polar surface area (TPSA) is 38.3 Å². The normalized spacial score (nSPS) is 48.4. The first kappa shape index (κ1) is 16.4. The highest BCUT2D eigenvalue weighted by Crippen LogP contribution is 2.75. The van der Waals surface area contributed by atoms with Crippen LogP contribution in [0.5, 0.6) is 0 Å². The van der Waals surface area contributed by atoms with Crippen LogP contribution >= 0.6 is 0 Å². The van der Waals surface area contributed by atoms with Gasteiger partial charge in [-0.2, -0.15) is 0 Å². The summed E-state index contributed by atoms with van der Waals surface area (Å²) in [6.07, 6.45) is 7.23. The number of hydrogen-bond acceptors (Lipinski definition) is 3. The molecule has 0 amide bonds. The zero-order chi connectivity index (χ0) is 18.5. The number of benzene rings is 1. The summed E-state index contributed by atoms with van der Waals surface area (Å²) in [6, 6.07) is 9.62. The molecular weight excluding hydrogens is 336 g/mol. The summed E-state index contributed by atoms with van der Waals surface area (Å²) in [5, 5.41) is 3.98. The molecule has 0 radical (unpaired) electrons. The maximum absolute atomic E-state index is 13.1. The Hall–Kier alpha value is -1.55. The van der Waals surface area contributed by atoms with Crippen LogP contribution in [0.4, 0.5) is 5.69 Å². The highest BCUT2D eigenvalue weighted by Gasteiger charge is 2.83. The molecule has 1 aromatic rings. The molecular formula is C23H31N2O2+. The van der Waals surface area contributed by atoms with Gasteiger partial charge < -0.3 is 14.5 Å². The summed E-state index contributed by atoms with van der Waals surface area (Å²) in [7, 11) is 1.58.